The van der Waals surface area contributed by atoms with Gasteiger partial charge in [0.25, 0.3) is 5.91 Å². The maximum Gasteiger partial charge on any atom is 0.339 e. The Labute approximate surface area is 191 Å². The average molecular weight is 450 g/mol. The van der Waals surface area contributed by atoms with E-state index in [0.717, 1.165) is 35.2 Å². The smallest absolute Gasteiger partial charge is 0.339 e. The number of hydrogen-bond acceptors (Lipinski definition) is 3. The van der Waals surface area contributed by atoms with Crippen LogP contribution in [-0.2, 0) is 11.2 Å². The van der Waals surface area contributed by atoms with Gasteiger partial charge in [-0.2, -0.15) is 0 Å². The van der Waals surface area contributed by atoms with E-state index in [1.54, 1.807) is 0 Å². The van der Waals surface area contributed by atoms with E-state index in [9.17, 15) is 19.8 Å². The van der Waals surface area contributed by atoms with Gasteiger partial charge in [0.15, 0.2) is 0 Å². The number of hydrogen-bond donors (Lipinski definition) is 2. The Morgan fingerprint density at radius 2 is 2.00 bits per heavy atom. The molecule has 0 unspecified atom stereocenters. The molecule has 2 N–H and O–H groups in total. The van der Waals surface area contributed by atoms with Gasteiger partial charge in [-0.3, -0.25) is 9.69 Å². The van der Waals surface area contributed by atoms with Crippen molar-refractivity contribution in [3.63, 3.8) is 0 Å². The van der Waals surface area contributed by atoms with Crippen LogP contribution in [0.5, 0.6) is 5.75 Å². The van der Waals surface area contributed by atoms with Gasteiger partial charge in [-0.05, 0) is 65.3 Å². The third-order valence-electron chi connectivity index (χ3n) is 6.06. The lowest BCUT2D eigenvalue weighted by atomic mass is 9.74. The minimum Gasteiger partial charge on any atom is -0.507 e. The van der Waals surface area contributed by atoms with Gasteiger partial charge in [0.1, 0.15) is 11.3 Å². The highest BCUT2D eigenvalue weighted by Crippen LogP contribution is 2.49. The Kier molecular flexibility index (Phi) is 5.47. The molecule has 0 atom stereocenters. The summed E-state index contributed by atoms with van der Waals surface area (Å²) in [4.78, 5) is 26.6. The number of anilines is 1. The van der Waals surface area contributed by atoms with Crippen LogP contribution in [0.4, 0.5) is 5.69 Å². The van der Waals surface area contributed by atoms with Crippen LogP contribution in [0.1, 0.15) is 48.7 Å². The molecular weight excluding hydrogens is 426 g/mol. The zero-order valence-corrected chi connectivity index (χ0v) is 18.9. The number of aryl methyl sites for hydroxylation is 1. The fourth-order valence-corrected chi connectivity index (χ4v) is 4.70. The first-order valence-electron chi connectivity index (χ1n) is 10.5. The van der Waals surface area contributed by atoms with Crippen molar-refractivity contribution in [3.8, 4) is 5.75 Å². The maximum absolute atomic E-state index is 13.7. The van der Waals surface area contributed by atoms with Crippen molar-refractivity contribution in [2.75, 3.05) is 4.90 Å². The summed E-state index contributed by atoms with van der Waals surface area (Å²) < 4.78 is 0. The molecule has 0 saturated heterocycles. The number of amides is 1. The summed E-state index contributed by atoms with van der Waals surface area (Å²) in [6.45, 7) is 6.23. The summed E-state index contributed by atoms with van der Waals surface area (Å²) >= 11 is 6.51. The van der Waals surface area contributed by atoms with Crippen LogP contribution in [0.15, 0.2) is 65.4 Å². The number of carbonyl (C=O) groups is 2. The van der Waals surface area contributed by atoms with Crippen LogP contribution in [0, 0.1) is 5.41 Å². The zero-order valence-electron chi connectivity index (χ0n) is 18.1. The standard InChI is InChI=1S/C26H24ClNO4/c1-4-15-7-5-8-20(27)18(15)14-19-23-21(9-6-12-26(23,2)3)28(24(19)30)16-10-11-17(25(31)32)22(29)13-16/h5-11,13-14,29H,4,12H2,1-3H3,(H,31,32)/b19-14-. The number of rotatable bonds is 4. The zero-order chi connectivity index (χ0) is 23.2. The first-order valence-corrected chi connectivity index (χ1v) is 10.8. The number of carboxylic acids is 1. The van der Waals surface area contributed by atoms with Crippen molar-refractivity contribution in [2.24, 2.45) is 5.41 Å². The summed E-state index contributed by atoms with van der Waals surface area (Å²) in [5, 5.41) is 20.0. The lowest BCUT2D eigenvalue weighted by molar-refractivity contribution is -0.114. The molecule has 1 aliphatic heterocycles. The summed E-state index contributed by atoms with van der Waals surface area (Å²) in [5.41, 5.74) is 3.96. The monoisotopic (exact) mass is 449 g/mol. The number of benzene rings is 2. The number of aromatic hydroxyl groups is 1. The lowest BCUT2D eigenvalue weighted by Gasteiger charge is -2.29. The van der Waals surface area contributed by atoms with Gasteiger partial charge in [0.2, 0.25) is 0 Å². The fourth-order valence-electron chi connectivity index (χ4n) is 4.45. The van der Waals surface area contributed by atoms with Crippen LogP contribution in [-0.4, -0.2) is 22.1 Å². The van der Waals surface area contributed by atoms with Crippen LogP contribution >= 0.6 is 11.6 Å². The van der Waals surface area contributed by atoms with Gasteiger partial charge in [0, 0.05) is 16.7 Å². The molecule has 0 radical (unpaired) electrons. The Morgan fingerprint density at radius 3 is 2.66 bits per heavy atom. The molecule has 5 nitrogen and oxygen atoms in total. The van der Waals surface area contributed by atoms with E-state index in [-0.39, 0.29) is 22.6 Å². The highest BCUT2D eigenvalue weighted by molar-refractivity contribution is 6.32. The van der Waals surface area contributed by atoms with E-state index < -0.39 is 5.97 Å². The Morgan fingerprint density at radius 1 is 1.25 bits per heavy atom. The third-order valence-corrected chi connectivity index (χ3v) is 6.39. The second kappa shape index (κ2) is 7.99. The van der Waals surface area contributed by atoms with Crippen molar-refractivity contribution >= 4 is 35.2 Å². The molecule has 4 rings (SSSR count). The average Bonchev–Trinajstić information content (AvgIpc) is 3.01. The van der Waals surface area contributed by atoms with Gasteiger partial charge in [-0.1, -0.05) is 50.6 Å². The van der Waals surface area contributed by atoms with Crippen LogP contribution in [0.2, 0.25) is 5.02 Å². The topological polar surface area (TPSA) is 77.8 Å². The highest BCUT2D eigenvalue weighted by atomic mass is 35.5. The van der Waals surface area contributed by atoms with Crippen molar-refractivity contribution in [1.29, 1.82) is 0 Å². The number of allylic oxidation sites excluding steroid dienone is 2. The molecule has 1 amide bonds. The van der Waals surface area contributed by atoms with Crippen molar-refractivity contribution in [2.45, 2.75) is 33.6 Å². The molecule has 164 valence electrons. The van der Waals surface area contributed by atoms with E-state index in [1.807, 2.05) is 43.4 Å². The second-order valence-electron chi connectivity index (χ2n) is 8.62. The second-order valence-corrected chi connectivity index (χ2v) is 9.03. The normalized spacial score (nSPS) is 18.4. The van der Waals surface area contributed by atoms with Crippen LogP contribution in [0.3, 0.4) is 0 Å². The first-order chi connectivity index (χ1) is 15.2. The predicted molar refractivity (Wildman–Crippen MR) is 126 cm³/mol. The minimum atomic E-state index is -1.23. The Balaban J connectivity index is 1.93. The molecule has 0 saturated carbocycles. The molecule has 32 heavy (non-hydrogen) atoms. The number of phenols is 1. The van der Waals surface area contributed by atoms with Gasteiger partial charge < -0.3 is 10.2 Å². The molecule has 2 aromatic carbocycles. The van der Waals surface area contributed by atoms with Gasteiger partial charge in [-0.15, -0.1) is 0 Å². The Hall–Kier alpha value is -3.31. The van der Waals surface area contributed by atoms with Crippen molar-refractivity contribution in [1.82, 2.24) is 0 Å². The molecule has 6 heteroatoms. The summed E-state index contributed by atoms with van der Waals surface area (Å²) in [5.74, 6) is -1.85. The fraction of sp³-hybridized carbons (Fsp3) is 0.231. The largest absolute Gasteiger partial charge is 0.507 e. The molecule has 0 aromatic heterocycles. The number of carboxylic acid groups (broad SMARTS) is 1. The number of halogens is 1. The van der Waals surface area contributed by atoms with Crippen LogP contribution < -0.4 is 4.90 Å². The Bertz CT molecular complexity index is 1240. The molecule has 0 spiro atoms. The van der Waals surface area contributed by atoms with E-state index >= 15 is 0 Å². The minimum absolute atomic E-state index is 0.214. The van der Waals surface area contributed by atoms with E-state index in [1.165, 1.54) is 23.1 Å². The molecule has 0 fully saturated rings. The number of carbonyl (C=O) groups excluding carboxylic acids is 1. The highest BCUT2D eigenvalue weighted by Gasteiger charge is 2.43. The third kappa shape index (κ3) is 3.53. The summed E-state index contributed by atoms with van der Waals surface area (Å²) in [6, 6.07) is 9.88. The van der Waals surface area contributed by atoms with E-state index in [4.69, 9.17) is 11.6 Å². The molecule has 2 aliphatic rings. The SMILES string of the molecule is CCc1cccc(Cl)c1/C=C1\C(=O)N(c2ccc(C(=O)O)c(O)c2)C2=C1C(C)(C)CC=C2. The predicted octanol–water partition coefficient (Wildman–Crippen LogP) is 5.98. The van der Waals surface area contributed by atoms with Crippen LogP contribution in [0.25, 0.3) is 6.08 Å². The molecular formula is C26H24ClNO4. The van der Waals surface area contributed by atoms with Gasteiger partial charge in [0.05, 0.1) is 11.4 Å². The molecule has 2 aromatic rings. The van der Waals surface area contributed by atoms with Crippen molar-refractivity contribution < 1.29 is 19.8 Å². The summed E-state index contributed by atoms with van der Waals surface area (Å²) in [7, 11) is 0. The van der Waals surface area contributed by atoms with Gasteiger partial charge >= 0.3 is 5.97 Å². The lowest BCUT2D eigenvalue weighted by Crippen LogP contribution is -2.25. The van der Waals surface area contributed by atoms with E-state index in [0.29, 0.717) is 16.3 Å². The summed E-state index contributed by atoms with van der Waals surface area (Å²) in [6.07, 6.45) is 7.36. The first kappa shape index (κ1) is 21.9. The van der Waals surface area contributed by atoms with Gasteiger partial charge in [-0.25, -0.2) is 4.79 Å². The van der Waals surface area contributed by atoms with Crippen molar-refractivity contribution in [3.05, 3.63) is 87.1 Å². The van der Waals surface area contributed by atoms with E-state index in [2.05, 4.69) is 13.8 Å². The number of aromatic carboxylic acids is 1. The quantitative estimate of drug-likeness (QED) is 0.563. The molecule has 1 heterocycles. The molecule has 0 bridgehead atoms. The number of nitrogens with zero attached hydrogens (tertiary/aromatic N) is 1. The molecule has 1 aliphatic carbocycles. The maximum atomic E-state index is 13.7.